The summed E-state index contributed by atoms with van der Waals surface area (Å²) in [6, 6.07) is 0. The second-order valence-corrected chi connectivity index (χ2v) is 1.57. The maximum atomic E-state index is 10.3. The fraction of sp³-hybridized carbons (Fsp3) is 0.400. The van der Waals surface area contributed by atoms with Crippen molar-refractivity contribution in [1.29, 1.82) is 0 Å². The van der Waals surface area contributed by atoms with Gasteiger partial charge in [-0.25, -0.2) is 4.79 Å². The summed E-state index contributed by atoms with van der Waals surface area (Å²) in [5.41, 5.74) is -0.230. The van der Waals surface area contributed by atoms with E-state index < -0.39 is 10.9 Å². The van der Waals surface area contributed by atoms with Crippen LogP contribution in [0.15, 0.2) is 11.8 Å². The van der Waals surface area contributed by atoms with E-state index in [9.17, 15) is 14.9 Å². The predicted octanol–water partition coefficient (Wildman–Crippen LogP) is 0.340. The molecule has 0 spiro atoms. The molecule has 0 saturated carbocycles. The highest BCUT2D eigenvalue weighted by molar-refractivity contribution is 5.82. The van der Waals surface area contributed by atoms with Crippen LogP contribution in [0.4, 0.5) is 0 Å². The number of esters is 1. The van der Waals surface area contributed by atoms with Gasteiger partial charge in [-0.2, -0.15) is 0 Å². The quantitative estimate of drug-likeness (QED) is 0.243. The first-order valence-corrected chi connectivity index (χ1v) is 2.48. The number of rotatable bonds is 2. The Balaban J connectivity index is 4.16. The van der Waals surface area contributed by atoms with Crippen LogP contribution in [-0.2, 0) is 9.53 Å². The molecular weight excluding hydrogens is 138 g/mol. The third-order valence-electron chi connectivity index (χ3n) is 0.816. The largest absolute Gasteiger partial charge is 0.466 e. The van der Waals surface area contributed by atoms with Gasteiger partial charge in [-0.1, -0.05) is 0 Å². The van der Waals surface area contributed by atoms with Gasteiger partial charge in [0.25, 0.3) is 0 Å². The zero-order valence-electron chi connectivity index (χ0n) is 5.66. The number of hydrogen-bond acceptors (Lipinski definition) is 4. The predicted molar refractivity (Wildman–Crippen MR) is 32.8 cm³/mol. The van der Waals surface area contributed by atoms with Crippen LogP contribution in [0.3, 0.4) is 0 Å². The molecular formula is C5H7NO4. The summed E-state index contributed by atoms with van der Waals surface area (Å²) in [5, 5.41) is 9.88. The van der Waals surface area contributed by atoms with E-state index in [1.165, 1.54) is 6.92 Å². The average molecular weight is 145 g/mol. The van der Waals surface area contributed by atoms with Crippen LogP contribution in [-0.4, -0.2) is 18.0 Å². The summed E-state index contributed by atoms with van der Waals surface area (Å²) in [6.07, 6.45) is 0.819. The lowest BCUT2D eigenvalue weighted by atomic mass is 10.4. The third-order valence-corrected chi connectivity index (χ3v) is 0.816. The van der Waals surface area contributed by atoms with E-state index in [2.05, 4.69) is 4.74 Å². The van der Waals surface area contributed by atoms with E-state index in [-0.39, 0.29) is 5.70 Å². The number of nitrogens with zero attached hydrogens (tertiary/aromatic N) is 1. The van der Waals surface area contributed by atoms with Gasteiger partial charge in [0.05, 0.1) is 18.1 Å². The molecule has 5 heteroatoms. The number of hydrogen-bond donors (Lipinski definition) is 0. The molecule has 0 unspecified atom stereocenters. The van der Waals surface area contributed by atoms with Gasteiger partial charge < -0.3 is 4.74 Å². The van der Waals surface area contributed by atoms with Crippen molar-refractivity contribution in [3.63, 3.8) is 0 Å². The Bertz CT molecular complexity index is 184. The second kappa shape index (κ2) is 3.60. The number of allylic oxidation sites excluding steroid dienone is 1. The van der Waals surface area contributed by atoms with Crippen molar-refractivity contribution in [3.8, 4) is 0 Å². The average Bonchev–Trinajstić information content (AvgIpc) is 1.87. The minimum atomic E-state index is -0.714. The highest BCUT2D eigenvalue weighted by Gasteiger charge is 2.04. The molecule has 0 radical (unpaired) electrons. The van der Waals surface area contributed by atoms with E-state index in [4.69, 9.17) is 0 Å². The lowest BCUT2D eigenvalue weighted by Crippen LogP contribution is -2.01. The highest BCUT2D eigenvalue weighted by Crippen LogP contribution is 1.92. The van der Waals surface area contributed by atoms with Crippen molar-refractivity contribution in [1.82, 2.24) is 0 Å². The Morgan fingerprint density at radius 1 is 1.70 bits per heavy atom. The summed E-state index contributed by atoms with van der Waals surface area (Å²) in [7, 11) is 1.16. The van der Waals surface area contributed by atoms with Gasteiger partial charge in [0, 0.05) is 6.92 Å². The Labute approximate surface area is 57.4 Å². The van der Waals surface area contributed by atoms with Crippen molar-refractivity contribution in [3.05, 3.63) is 21.9 Å². The SMILES string of the molecule is COC(=O)C=C(C)[N+](=O)[O-]. The van der Waals surface area contributed by atoms with E-state index in [1.54, 1.807) is 0 Å². The van der Waals surface area contributed by atoms with Gasteiger partial charge in [0.1, 0.15) is 0 Å². The van der Waals surface area contributed by atoms with Crippen LogP contribution in [0.2, 0.25) is 0 Å². The van der Waals surface area contributed by atoms with Crippen LogP contribution in [0, 0.1) is 10.1 Å². The van der Waals surface area contributed by atoms with Crippen LogP contribution < -0.4 is 0 Å². The van der Waals surface area contributed by atoms with Crippen molar-refractivity contribution in [2.45, 2.75) is 6.92 Å². The molecule has 0 aliphatic heterocycles. The van der Waals surface area contributed by atoms with Gasteiger partial charge in [-0.15, -0.1) is 0 Å². The van der Waals surface area contributed by atoms with E-state index in [0.717, 1.165) is 13.2 Å². The maximum Gasteiger partial charge on any atom is 0.337 e. The Morgan fingerprint density at radius 3 is 2.50 bits per heavy atom. The van der Waals surface area contributed by atoms with Crippen molar-refractivity contribution >= 4 is 5.97 Å². The van der Waals surface area contributed by atoms with Crippen LogP contribution in [0.5, 0.6) is 0 Å². The number of carbonyl (C=O) groups is 1. The fourth-order valence-electron chi connectivity index (χ4n) is 0.282. The molecule has 0 bridgehead atoms. The molecule has 56 valence electrons. The van der Waals surface area contributed by atoms with Crippen molar-refractivity contribution < 1.29 is 14.5 Å². The third kappa shape index (κ3) is 2.81. The fourth-order valence-corrected chi connectivity index (χ4v) is 0.282. The summed E-state index contributed by atoms with van der Waals surface area (Å²) >= 11 is 0. The zero-order chi connectivity index (χ0) is 8.15. The molecule has 0 amide bonds. The number of carbonyl (C=O) groups excluding carboxylic acids is 1. The topological polar surface area (TPSA) is 69.4 Å². The van der Waals surface area contributed by atoms with Gasteiger partial charge >= 0.3 is 5.97 Å². The van der Waals surface area contributed by atoms with E-state index in [1.807, 2.05) is 0 Å². The second-order valence-electron chi connectivity index (χ2n) is 1.57. The molecule has 0 rings (SSSR count). The first-order valence-electron chi connectivity index (χ1n) is 2.48. The molecule has 0 atom stereocenters. The molecule has 0 aromatic heterocycles. The molecule has 5 nitrogen and oxygen atoms in total. The molecule has 0 aromatic carbocycles. The van der Waals surface area contributed by atoms with E-state index >= 15 is 0 Å². The normalized spacial score (nSPS) is 10.8. The Morgan fingerprint density at radius 2 is 2.20 bits per heavy atom. The number of methoxy groups -OCH3 is 1. The monoisotopic (exact) mass is 145 g/mol. The van der Waals surface area contributed by atoms with Gasteiger partial charge in [-0.05, 0) is 0 Å². The number of nitro groups is 1. The van der Waals surface area contributed by atoms with Gasteiger partial charge in [0.2, 0.25) is 5.70 Å². The lowest BCUT2D eigenvalue weighted by molar-refractivity contribution is -0.424. The lowest BCUT2D eigenvalue weighted by Gasteiger charge is -1.89. The molecule has 0 aliphatic rings. The molecule has 0 fully saturated rings. The summed E-state index contributed by atoms with van der Waals surface area (Å²) in [6.45, 7) is 1.22. The summed E-state index contributed by atoms with van der Waals surface area (Å²) < 4.78 is 4.15. The van der Waals surface area contributed by atoms with Crippen molar-refractivity contribution in [2.75, 3.05) is 7.11 Å². The maximum absolute atomic E-state index is 10.3. The Hall–Kier alpha value is -1.39. The van der Waals surface area contributed by atoms with Crippen LogP contribution in [0.1, 0.15) is 6.92 Å². The van der Waals surface area contributed by atoms with Gasteiger partial charge in [0.15, 0.2) is 0 Å². The molecule has 0 N–H and O–H groups in total. The summed E-state index contributed by atoms with van der Waals surface area (Å²) in [5.74, 6) is -0.714. The van der Waals surface area contributed by atoms with E-state index in [0.29, 0.717) is 0 Å². The standard InChI is InChI=1S/C5H7NO4/c1-4(6(8)9)3-5(7)10-2/h3H,1-2H3. The first kappa shape index (κ1) is 8.61. The smallest absolute Gasteiger partial charge is 0.337 e. The molecule has 10 heavy (non-hydrogen) atoms. The van der Waals surface area contributed by atoms with Crippen molar-refractivity contribution in [2.24, 2.45) is 0 Å². The zero-order valence-corrected chi connectivity index (χ0v) is 5.66. The summed E-state index contributed by atoms with van der Waals surface area (Å²) in [4.78, 5) is 19.5. The van der Waals surface area contributed by atoms with Crippen LogP contribution in [0.25, 0.3) is 0 Å². The molecule has 0 aromatic rings. The minimum Gasteiger partial charge on any atom is -0.466 e. The minimum absolute atomic E-state index is 0.230. The molecule has 0 aliphatic carbocycles. The highest BCUT2D eigenvalue weighted by atomic mass is 16.6. The molecule has 0 heterocycles. The van der Waals surface area contributed by atoms with Crippen LogP contribution >= 0.6 is 0 Å². The Kier molecular flexibility index (Phi) is 3.10. The number of ether oxygens (including phenoxy) is 1. The first-order chi connectivity index (χ1) is 4.57. The molecule has 0 saturated heterocycles. The van der Waals surface area contributed by atoms with Gasteiger partial charge in [-0.3, -0.25) is 10.1 Å².